The molecule has 0 bridgehead atoms. The zero-order valence-corrected chi connectivity index (χ0v) is 15.3. The van der Waals surface area contributed by atoms with E-state index in [2.05, 4.69) is 15.3 Å². The lowest BCUT2D eigenvalue weighted by molar-refractivity contribution is -0.220. The van der Waals surface area contributed by atoms with Crippen LogP contribution in [0.1, 0.15) is 67.0 Å². The number of hydrogen-bond acceptors (Lipinski definition) is 7. The van der Waals surface area contributed by atoms with Crippen LogP contribution in [-0.4, -0.2) is 32.2 Å². The van der Waals surface area contributed by atoms with Crippen LogP contribution in [0, 0.1) is 5.92 Å². The van der Waals surface area contributed by atoms with Gasteiger partial charge in [-0.2, -0.15) is 0 Å². The van der Waals surface area contributed by atoms with E-state index < -0.39 is 0 Å². The van der Waals surface area contributed by atoms with Crippen molar-refractivity contribution in [2.24, 2.45) is 13.0 Å². The van der Waals surface area contributed by atoms with E-state index in [1.165, 1.54) is 11.1 Å². The van der Waals surface area contributed by atoms with Crippen LogP contribution < -0.4 is 4.89 Å². The maximum absolute atomic E-state index is 12.2. The Kier molecular flexibility index (Phi) is 4.87. The normalized spacial score (nSPS) is 17.5. The van der Waals surface area contributed by atoms with Crippen molar-refractivity contribution >= 4 is 12.3 Å². The van der Waals surface area contributed by atoms with Crippen LogP contribution in [-0.2, 0) is 16.7 Å². The largest absolute Gasteiger partial charge is 0.358 e. The SMILES string of the molecule is Cn1nnc(-c2ccc(OOC(=O)C3CCCCC3)c(C3CC3)n2)c1C=O. The Morgan fingerprint density at radius 3 is 2.67 bits per heavy atom. The highest BCUT2D eigenvalue weighted by Gasteiger charge is 2.31. The molecule has 4 rings (SSSR count). The van der Waals surface area contributed by atoms with Crippen molar-refractivity contribution in [3.63, 3.8) is 0 Å². The van der Waals surface area contributed by atoms with Crippen molar-refractivity contribution < 1.29 is 19.4 Å². The molecule has 0 aliphatic heterocycles. The molecule has 27 heavy (non-hydrogen) atoms. The molecule has 0 unspecified atom stereocenters. The molecule has 0 atom stereocenters. The first kappa shape index (κ1) is 17.6. The highest BCUT2D eigenvalue weighted by atomic mass is 17.2. The molecule has 8 nitrogen and oxygen atoms in total. The van der Waals surface area contributed by atoms with Crippen molar-refractivity contribution in [2.75, 3.05) is 0 Å². The van der Waals surface area contributed by atoms with Crippen molar-refractivity contribution in [3.8, 4) is 17.1 Å². The van der Waals surface area contributed by atoms with Gasteiger partial charge in [0.25, 0.3) is 0 Å². The second kappa shape index (κ2) is 7.46. The van der Waals surface area contributed by atoms with Crippen molar-refractivity contribution in [1.29, 1.82) is 0 Å². The lowest BCUT2D eigenvalue weighted by Crippen LogP contribution is -2.22. The first-order valence-corrected chi connectivity index (χ1v) is 9.42. The van der Waals surface area contributed by atoms with Gasteiger partial charge in [0.1, 0.15) is 11.4 Å². The fraction of sp³-hybridized carbons (Fsp3) is 0.526. The number of carbonyl (C=O) groups excluding carboxylic acids is 2. The molecule has 2 aliphatic carbocycles. The third kappa shape index (κ3) is 3.70. The van der Waals surface area contributed by atoms with Gasteiger partial charge in [-0.25, -0.2) is 14.5 Å². The summed E-state index contributed by atoms with van der Waals surface area (Å²) in [5.41, 5.74) is 2.08. The minimum Gasteiger partial charge on any atom is -0.296 e. The molecule has 2 aromatic heterocycles. The van der Waals surface area contributed by atoms with E-state index in [1.807, 2.05) is 0 Å². The van der Waals surface area contributed by atoms with Crippen molar-refractivity contribution in [2.45, 2.75) is 50.9 Å². The van der Waals surface area contributed by atoms with Gasteiger partial charge in [-0.15, -0.1) is 5.10 Å². The van der Waals surface area contributed by atoms with E-state index in [1.54, 1.807) is 19.2 Å². The van der Waals surface area contributed by atoms with Crippen LogP contribution in [0.5, 0.6) is 5.75 Å². The van der Waals surface area contributed by atoms with E-state index in [0.717, 1.165) is 44.2 Å². The third-order valence-electron chi connectivity index (χ3n) is 5.23. The van der Waals surface area contributed by atoms with Crippen molar-refractivity contribution in [1.82, 2.24) is 20.0 Å². The number of carbonyl (C=O) groups is 2. The second-order valence-corrected chi connectivity index (χ2v) is 7.24. The molecule has 0 amide bonds. The highest BCUT2D eigenvalue weighted by Crippen LogP contribution is 2.44. The zero-order valence-electron chi connectivity index (χ0n) is 15.3. The Bertz CT molecular complexity index is 853. The van der Waals surface area contributed by atoms with Gasteiger partial charge in [0.2, 0.25) is 5.75 Å². The van der Waals surface area contributed by atoms with E-state index in [9.17, 15) is 9.59 Å². The summed E-state index contributed by atoms with van der Waals surface area (Å²) in [5.74, 6) is 0.328. The van der Waals surface area contributed by atoms with Crippen LogP contribution in [0.2, 0.25) is 0 Å². The molecule has 0 aromatic carbocycles. The summed E-state index contributed by atoms with van der Waals surface area (Å²) in [6.45, 7) is 0. The quantitative estimate of drug-likeness (QED) is 0.438. The Morgan fingerprint density at radius 1 is 1.19 bits per heavy atom. The molecule has 142 valence electrons. The molecule has 0 radical (unpaired) electrons. The van der Waals surface area contributed by atoms with Crippen LogP contribution >= 0.6 is 0 Å². The maximum Gasteiger partial charge on any atom is 0.358 e. The molecule has 2 aliphatic rings. The minimum absolute atomic E-state index is 0.0786. The third-order valence-corrected chi connectivity index (χ3v) is 5.23. The Hall–Kier alpha value is -2.77. The lowest BCUT2D eigenvalue weighted by atomic mass is 9.89. The number of aldehydes is 1. The summed E-state index contributed by atoms with van der Waals surface area (Å²) in [6.07, 6.45) is 7.72. The van der Waals surface area contributed by atoms with Gasteiger partial charge in [-0.1, -0.05) is 24.5 Å². The summed E-state index contributed by atoms with van der Waals surface area (Å²) in [5, 5.41) is 7.92. The van der Waals surface area contributed by atoms with Crippen LogP contribution in [0.25, 0.3) is 11.4 Å². The maximum atomic E-state index is 12.2. The number of aromatic nitrogens is 4. The molecule has 2 aromatic rings. The van der Waals surface area contributed by atoms with E-state index in [0.29, 0.717) is 29.1 Å². The molecule has 0 spiro atoms. The highest BCUT2D eigenvalue weighted by molar-refractivity contribution is 5.82. The summed E-state index contributed by atoms with van der Waals surface area (Å²) >= 11 is 0. The molecule has 2 heterocycles. The number of aryl methyl sites for hydroxylation is 1. The Balaban J connectivity index is 1.53. The zero-order chi connectivity index (χ0) is 18.8. The van der Waals surface area contributed by atoms with E-state index in [-0.39, 0.29) is 17.8 Å². The van der Waals surface area contributed by atoms with Gasteiger partial charge in [-0.3, -0.25) is 14.6 Å². The topological polar surface area (TPSA) is 96.2 Å². The molecular formula is C19H22N4O4. The van der Waals surface area contributed by atoms with Crippen molar-refractivity contribution in [3.05, 3.63) is 23.5 Å². The first-order valence-electron chi connectivity index (χ1n) is 9.42. The first-order chi connectivity index (χ1) is 13.2. The van der Waals surface area contributed by atoms with Crippen LogP contribution in [0.15, 0.2) is 12.1 Å². The molecule has 0 N–H and O–H groups in total. The van der Waals surface area contributed by atoms with Gasteiger partial charge in [0.15, 0.2) is 6.29 Å². The molecule has 2 saturated carbocycles. The summed E-state index contributed by atoms with van der Waals surface area (Å²) in [7, 11) is 1.66. The average molecular weight is 370 g/mol. The number of hydrogen-bond donors (Lipinski definition) is 0. The van der Waals surface area contributed by atoms with Gasteiger partial charge in [0, 0.05) is 13.0 Å². The molecule has 8 heteroatoms. The van der Waals surface area contributed by atoms with E-state index >= 15 is 0 Å². The predicted molar refractivity (Wildman–Crippen MR) is 94.9 cm³/mol. The van der Waals surface area contributed by atoms with Gasteiger partial charge in [0.05, 0.1) is 17.3 Å². The summed E-state index contributed by atoms with van der Waals surface area (Å²) in [4.78, 5) is 38.6. The lowest BCUT2D eigenvalue weighted by Gasteiger charge is -2.19. The molecular weight excluding hydrogens is 348 g/mol. The molecule has 2 fully saturated rings. The minimum atomic E-state index is -0.308. The van der Waals surface area contributed by atoms with Gasteiger partial charge < -0.3 is 0 Å². The average Bonchev–Trinajstić information content (AvgIpc) is 3.48. The monoisotopic (exact) mass is 370 g/mol. The van der Waals surface area contributed by atoms with Crippen LogP contribution in [0.4, 0.5) is 0 Å². The smallest absolute Gasteiger partial charge is 0.296 e. The number of pyridine rings is 1. The summed E-state index contributed by atoms with van der Waals surface area (Å²) in [6, 6.07) is 3.42. The standard InChI is InChI=1S/C19H22N4O4/c1-23-15(11-24)18(21-22-23)14-9-10-16(17(20-14)12-7-8-12)26-27-19(25)13-5-3-2-4-6-13/h9-13H,2-8H2,1H3. The predicted octanol–water partition coefficient (Wildman–Crippen LogP) is 2.98. The second-order valence-electron chi connectivity index (χ2n) is 7.24. The van der Waals surface area contributed by atoms with Gasteiger partial charge >= 0.3 is 5.97 Å². The summed E-state index contributed by atoms with van der Waals surface area (Å²) < 4.78 is 1.41. The Morgan fingerprint density at radius 2 is 1.96 bits per heavy atom. The number of nitrogens with zero attached hydrogens (tertiary/aromatic N) is 4. The van der Waals surface area contributed by atoms with Crippen LogP contribution in [0.3, 0.4) is 0 Å². The Labute approximate surface area is 156 Å². The van der Waals surface area contributed by atoms with E-state index in [4.69, 9.17) is 9.78 Å². The fourth-order valence-corrected chi connectivity index (χ4v) is 3.49. The number of rotatable bonds is 6. The fourth-order valence-electron chi connectivity index (χ4n) is 3.49. The van der Waals surface area contributed by atoms with Gasteiger partial charge in [-0.05, 0) is 37.8 Å². The molecule has 0 saturated heterocycles.